The van der Waals surface area contributed by atoms with Crippen LogP contribution in [0.15, 0.2) is 78.4 Å². The SMILES string of the molecule is Cc1ccc(O)c(N2C(=O)C(=O)/C(=C(/O)c3cccc(OCC(C)C)c3)C2c2ccccc2)c1. The van der Waals surface area contributed by atoms with Crippen LogP contribution in [-0.2, 0) is 9.59 Å². The molecular formula is C28H27NO5. The topological polar surface area (TPSA) is 87.1 Å². The van der Waals surface area contributed by atoms with Crippen molar-refractivity contribution in [3.63, 3.8) is 0 Å². The van der Waals surface area contributed by atoms with Gasteiger partial charge in [0.15, 0.2) is 0 Å². The number of hydrogen-bond acceptors (Lipinski definition) is 5. The Morgan fingerprint density at radius 2 is 1.74 bits per heavy atom. The van der Waals surface area contributed by atoms with Gasteiger partial charge in [0, 0.05) is 5.56 Å². The molecule has 0 saturated carbocycles. The maximum Gasteiger partial charge on any atom is 0.300 e. The second-order valence-electron chi connectivity index (χ2n) is 8.80. The van der Waals surface area contributed by atoms with Gasteiger partial charge < -0.3 is 14.9 Å². The van der Waals surface area contributed by atoms with Crippen LogP contribution < -0.4 is 9.64 Å². The first-order chi connectivity index (χ1) is 16.3. The van der Waals surface area contributed by atoms with E-state index in [1.54, 1.807) is 60.7 Å². The first-order valence-electron chi connectivity index (χ1n) is 11.2. The van der Waals surface area contributed by atoms with E-state index in [1.165, 1.54) is 11.0 Å². The highest BCUT2D eigenvalue weighted by atomic mass is 16.5. The Bertz CT molecular complexity index is 1260. The zero-order chi connectivity index (χ0) is 24.4. The Morgan fingerprint density at radius 3 is 2.44 bits per heavy atom. The molecule has 3 aromatic carbocycles. The fourth-order valence-corrected chi connectivity index (χ4v) is 4.01. The maximum absolute atomic E-state index is 13.3. The molecular weight excluding hydrogens is 430 g/mol. The number of benzene rings is 3. The predicted molar refractivity (Wildman–Crippen MR) is 131 cm³/mol. The number of phenolic OH excluding ortho intramolecular Hbond substituents is 1. The van der Waals surface area contributed by atoms with Gasteiger partial charge in [0.25, 0.3) is 11.7 Å². The first-order valence-corrected chi connectivity index (χ1v) is 11.2. The molecule has 1 heterocycles. The molecule has 1 amide bonds. The summed E-state index contributed by atoms with van der Waals surface area (Å²) < 4.78 is 5.77. The molecule has 1 saturated heterocycles. The van der Waals surface area contributed by atoms with Gasteiger partial charge in [-0.15, -0.1) is 0 Å². The Balaban J connectivity index is 1.88. The van der Waals surface area contributed by atoms with E-state index in [-0.39, 0.29) is 22.8 Å². The van der Waals surface area contributed by atoms with Crippen LogP contribution in [0.5, 0.6) is 11.5 Å². The van der Waals surface area contributed by atoms with Crippen molar-refractivity contribution in [2.45, 2.75) is 26.8 Å². The third-order valence-corrected chi connectivity index (χ3v) is 5.64. The van der Waals surface area contributed by atoms with Crippen molar-refractivity contribution in [2.75, 3.05) is 11.5 Å². The number of ketones is 1. The van der Waals surface area contributed by atoms with Crippen molar-refractivity contribution >= 4 is 23.1 Å². The summed E-state index contributed by atoms with van der Waals surface area (Å²) in [5.74, 6) is -1.18. The third kappa shape index (κ3) is 4.39. The van der Waals surface area contributed by atoms with Crippen LogP contribution in [0.4, 0.5) is 5.69 Å². The van der Waals surface area contributed by atoms with Crippen molar-refractivity contribution in [1.29, 1.82) is 0 Å². The minimum absolute atomic E-state index is 0.0434. The van der Waals surface area contributed by atoms with Gasteiger partial charge >= 0.3 is 0 Å². The summed E-state index contributed by atoms with van der Waals surface area (Å²) >= 11 is 0. The number of carbonyl (C=O) groups is 2. The normalized spacial score (nSPS) is 17.4. The van der Waals surface area contributed by atoms with Crippen LogP contribution in [-0.4, -0.2) is 28.5 Å². The molecule has 2 N–H and O–H groups in total. The third-order valence-electron chi connectivity index (χ3n) is 5.64. The quantitative estimate of drug-likeness (QED) is 0.296. The first kappa shape index (κ1) is 23.1. The van der Waals surface area contributed by atoms with Gasteiger partial charge in [-0.05, 0) is 48.2 Å². The number of rotatable bonds is 6. The van der Waals surface area contributed by atoms with Gasteiger partial charge in [-0.1, -0.05) is 62.4 Å². The Labute approximate surface area is 198 Å². The Hall–Kier alpha value is -4.06. The lowest BCUT2D eigenvalue weighted by Crippen LogP contribution is -2.29. The lowest BCUT2D eigenvalue weighted by atomic mass is 9.95. The van der Waals surface area contributed by atoms with Crippen LogP contribution in [0.25, 0.3) is 5.76 Å². The number of aromatic hydroxyl groups is 1. The van der Waals surface area contributed by atoms with Gasteiger partial charge in [0.05, 0.1) is 23.9 Å². The molecule has 4 rings (SSSR count). The minimum atomic E-state index is -0.908. The lowest BCUT2D eigenvalue weighted by Gasteiger charge is -2.26. The molecule has 1 atom stereocenters. The number of Topliss-reactive ketones (excluding diaryl/α,β-unsaturated/α-hetero) is 1. The number of nitrogens with zero attached hydrogens (tertiary/aromatic N) is 1. The second kappa shape index (κ2) is 9.43. The van der Waals surface area contributed by atoms with Gasteiger partial charge in [0.1, 0.15) is 17.3 Å². The molecule has 174 valence electrons. The monoisotopic (exact) mass is 457 g/mol. The van der Waals surface area contributed by atoms with Crippen LogP contribution in [0.3, 0.4) is 0 Å². The summed E-state index contributed by atoms with van der Waals surface area (Å²) in [6.45, 7) is 6.41. The van der Waals surface area contributed by atoms with E-state index in [1.807, 2.05) is 26.8 Å². The molecule has 3 aromatic rings. The second-order valence-corrected chi connectivity index (χ2v) is 8.80. The molecule has 1 aliphatic heterocycles. The predicted octanol–water partition coefficient (Wildman–Crippen LogP) is 5.36. The van der Waals surface area contributed by atoms with Gasteiger partial charge in [0.2, 0.25) is 0 Å². The Morgan fingerprint density at radius 1 is 1.00 bits per heavy atom. The number of aryl methyl sites for hydroxylation is 1. The van der Waals surface area contributed by atoms with E-state index < -0.39 is 17.7 Å². The highest BCUT2D eigenvalue weighted by Gasteiger charge is 2.47. The molecule has 0 aliphatic carbocycles. The van der Waals surface area contributed by atoms with E-state index in [9.17, 15) is 19.8 Å². The average molecular weight is 458 g/mol. The number of aliphatic hydroxyl groups is 1. The molecule has 0 radical (unpaired) electrons. The largest absolute Gasteiger partial charge is 0.507 e. The number of carbonyl (C=O) groups excluding carboxylic acids is 2. The lowest BCUT2D eigenvalue weighted by molar-refractivity contribution is -0.132. The standard InChI is InChI=1S/C28H27NO5/c1-17(2)16-34-21-11-7-10-20(15-21)26(31)24-25(19-8-5-4-6-9-19)29(28(33)27(24)32)22-14-18(3)12-13-23(22)30/h4-15,17,25,30-31H,16H2,1-3H3/b26-24+. The summed E-state index contributed by atoms with van der Waals surface area (Å²) in [5, 5.41) is 21.8. The summed E-state index contributed by atoms with van der Waals surface area (Å²) in [4.78, 5) is 27.8. The minimum Gasteiger partial charge on any atom is -0.507 e. The number of phenols is 1. The molecule has 6 nitrogen and oxygen atoms in total. The zero-order valence-electron chi connectivity index (χ0n) is 19.4. The number of anilines is 1. The maximum atomic E-state index is 13.3. The van der Waals surface area contributed by atoms with E-state index in [0.29, 0.717) is 29.4 Å². The molecule has 1 fully saturated rings. The molecule has 0 bridgehead atoms. The van der Waals surface area contributed by atoms with Gasteiger partial charge in [-0.25, -0.2) is 0 Å². The molecule has 0 aromatic heterocycles. The molecule has 34 heavy (non-hydrogen) atoms. The van der Waals surface area contributed by atoms with Gasteiger partial charge in [-0.2, -0.15) is 0 Å². The van der Waals surface area contributed by atoms with Crippen LogP contribution >= 0.6 is 0 Å². The summed E-state index contributed by atoms with van der Waals surface area (Å²) in [6, 6.07) is 19.8. The molecule has 1 aliphatic rings. The van der Waals surface area contributed by atoms with Crippen LogP contribution in [0, 0.1) is 12.8 Å². The van der Waals surface area contributed by atoms with E-state index >= 15 is 0 Å². The fraction of sp³-hybridized carbons (Fsp3) is 0.214. The average Bonchev–Trinajstić information content (AvgIpc) is 3.10. The van der Waals surface area contributed by atoms with Crippen molar-refractivity contribution < 1.29 is 24.5 Å². The van der Waals surface area contributed by atoms with E-state index in [4.69, 9.17) is 4.74 Å². The number of amides is 1. The summed E-state index contributed by atoms with van der Waals surface area (Å²) in [5.41, 5.74) is 1.99. The molecule has 0 spiro atoms. The zero-order valence-corrected chi connectivity index (χ0v) is 19.4. The van der Waals surface area contributed by atoms with Crippen LogP contribution in [0.2, 0.25) is 0 Å². The highest BCUT2D eigenvalue weighted by Crippen LogP contribution is 2.45. The van der Waals surface area contributed by atoms with E-state index in [0.717, 1.165) is 5.56 Å². The molecule has 6 heteroatoms. The van der Waals surface area contributed by atoms with E-state index in [2.05, 4.69) is 0 Å². The van der Waals surface area contributed by atoms with Crippen molar-refractivity contribution in [2.24, 2.45) is 5.92 Å². The summed E-state index contributed by atoms with van der Waals surface area (Å²) in [7, 11) is 0. The number of ether oxygens (including phenoxy) is 1. The smallest absolute Gasteiger partial charge is 0.300 e. The van der Waals surface area contributed by atoms with Crippen molar-refractivity contribution in [1.82, 2.24) is 0 Å². The number of hydrogen-bond donors (Lipinski definition) is 2. The van der Waals surface area contributed by atoms with Crippen LogP contribution in [0.1, 0.15) is 36.6 Å². The number of aliphatic hydroxyl groups excluding tert-OH is 1. The summed E-state index contributed by atoms with van der Waals surface area (Å²) in [6.07, 6.45) is 0. The Kier molecular flexibility index (Phi) is 6.41. The van der Waals surface area contributed by atoms with Crippen molar-refractivity contribution in [3.8, 4) is 11.5 Å². The highest BCUT2D eigenvalue weighted by molar-refractivity contribution is 6.51. The fourth-order valence-electron chi connectivity index (χ4n) is 4.01. The van der Waals surface area contributed by atoms with Crippen molar-refractivity contribution in [3.05, 3.63) is 95.1 Å². The molecule has 1 unspecified atom stereocenters. The van der Waals surface area contributed by atoms with Gasteiger partial charge in [-0.3, -0.25) is 14.5 Å².